The zero-order chi connectivity index (χ0) is 17.1. The van der Waals surface area contributed by atoms with Gasteiger partial charge in [-0.15, -0.1) is 0 Å². The number of halogens is 1. The minimum atomic E-state index is -0.719. The third-order valence-corrected chi connectivity index (χ3v) is 3.49. The van der Waals surface area contributed by atoms with E-state index in [1.54, 1.807) is 13.8 Å². The molecular weight excluding hydrogens is 305 g/mol. The van der Waals surface area contributed by atoms with Crippen LogP contribution in [0.15, 0.2) is 12.1 Å². The Kier molecular flexibility index (Phi) is 4.95. The van der Waals surface area contributed by atoms with Crippen LogP contribution >= 0.6 is 0 Å². The monoisotopic (exact) mass is 323 g/mol. The van der Waals surface area contributed by atoms with Crippen LogP contribution in [0.2, 0.25) is 0 Å². The molecule has 0 saturated carbocycles. The van der Waals surface area contributed by atoms with Gasteiger partial charge in [-0.1, -0.05) is 0 Å². The Morgan fingerprint density at radius 2 is 2.17 bits per heavy atom. The first-order valence-corrected chi connectivity index (χ1v) is 7.19. The van der Waals surface area contributed by atoms with E-state index in [4.69, 9.17) is 4.74 Å². The Bertz CT molecular complexity index is 646. The van der Waals surface area contributed by atoms with E-state index in [2.05, 4.69) is 10.6 Å². The molecule has 1 atom stereocenters. The van der Waals surface area contributed by atoms with E-state index in [0.29, 0.717) is 12.3 Å². The molecule has 1 saturated heterocycles. The maximum absolute atomic E-state index is 14.1. The van der Waals surface area contributed by atoms with Gasteiger partial charge in [0.05, 0.1) is 12.2 Å². The number of carbonyl (C=O) groups excluding carboxylic acids is 3. The molecule has 1 unspecified atom stereocenters. The fourth-order valence-corrected chi connectivity index (χ4v) is 2.29. The summed E-state index contributed by atoms with van der Waals surface area (Å²) in [7, 11) is 0. The number of ether oxygens (including phenoxy) is 1. The largest absolute Gasteiger partial charge is 0.369 e. The fourth-order valence-electron chi connectivity index (χ4n) is 2.29. The summed E-state index contributed by atoms with van der Waals surface area (Å²) >= 11 is 0. The SMILES string of the molecule is CCOC(C)C(=O)Nc1ccc(F)c(N2C(=O)CNC2=O)c1C. The molecule has 1 fully saturated rings. The van der Waals surface area contributed by atoms with E-state index in [9.17, 15) is 18.8 Å². The molecule has 1 aromatic carbocycles. The van der Waals surface area contributed by atoms with Crippen molar-refractivity contribution in [2.75, 3.05) is 23.4 Å². The zero-order valence-electron chi connectivity index (χ0n) is 13.1. The van der Waals surface area contributed by atoms with Crippen molar-refractivity contribution in [2.45, 2.75) is 26.9 Å². The number of carbonyl (C=O) groups is 3. The lowest BCUT2D eigenvalue weighted by molar-refractivity contribution is -0.126. The van der Waals surface area contributed by atoms with E-state index in [1.807, 2.05) is 0 Å². The number of nitrogens with zero attached hydrogens (tertiary/aromatic N) is 1. The molecule has 1 heterocycles. The van der Waals surface area contributed by atoms with Crippen molar-refractivity contribution in [3.05, 3.63) is 23.5 Å². The van der Waals surface area contributed by atoms with Gasteiger partial charge in [0.2, 0.25) is 0 Å². The quantitative estimate of drug-likeness (QED) is 0.805. The van der Waals surface area contributed by atoms with E-state index >= 15 is 0 Å². The molecule has 0 spiro atoms. The second-order valence-corrected chi connectivity index (χ2v) is 5.04. The van der Waals surface area contributed by atoms with Crippen molar-refractivity contribution in [3.8, 4) is 0 Å². The van der Waals surface area contributed by atoms with Gasteiger partial charge in [0.15, 0.2) is 0 Å². The van der Waals surface area contributed by atoms with Gasteiger partial charge >= 0.3 is 6.03 Å². The highest BCUT2D eigenvalue weighted by Gasteiger charge is 2.34. The highest BCUT2D eigenvalue weighted by atomic mass is 19.1. The Balaban J connectivity index is 2.34. The van der Waals surface area contributed by atoms with Gasteiger partial charge in [-0.05, 0) is 38.5 Å². The number of anilines is 2. The van der Waals surface area contributed by atoms with Gasteiger partial charge < -0.3 is 15.4 Å². The van der Waals surface area contributed by atoms with Gasteiger partial charge in [0, 0.05) is 12.3 Å². The van der Waals surface area contributed by atoms with Gasteiger partial charge in [-0.25, -0.2) is 14.1 Å². The summed E-state index contributed by atoms with van der Waals surface area (Å²) in [6.07, 6.45) is -0.676. The molecular formula is C15H18FN3O4. The topological polar surface area (TPSA) is 87.7 Å². The second kappa shape index (κ2) is 6.74. The van der Waals surface area contributed by atoms with Crippen molar-refractivity contribution in [3.63, 3.8) is 0 Å². The Morgan fingerprint density at radius 1 is 1.48 bits per heavy atom. The summed E-state index contributed by atoms with van der Waals surface area (Å²) in [5.74, 6) is -1.67. The molecule has 0 bridgehead atoms. The molecule has 2 rings (SSSR count). The normalized spacial score (nSPS) is 15.6. The third-order valence-electron chi connectivity index (χ3n) is 3.49. The van der Waals surface area contributed by atoms with E-state index in [1.165, 1.54) is 13.0 Å². The molecule has 8 heteroatoms. The first kappa shape index (κ1) is 16.9. The van der Waals surface area contributed by atoms with Gasteiger partial charge in [-0.3, -0.25) is 9.59 Å². The molecule has 1 aliphatic heterocycles. The molecule has 1 aliphatic rings. The minimum absolute atomic E-state index is 0.160. The molecule has 0 aromatic heterocycles. The van der Waals surface area contributed by atoms with Gasteiger partial charge in [0.1, 0.15) is 11.9 Å². The van der Waals surface area contributed by atoms with Crippen molar-refractivity contribution in [1.29, 1.82) is 0 Å². The predicted molar refractivity (Wildman–Crippen MR) is 81.7 cm³/mol. The number of amides is 4. The first-order chi connectivity index (χ1) is 10.9. The first-order valence-electron chi connectivity index (χ1n) is 7.19. The van der Waals surface area contributed by atoms with Crippen molar-refractivity contribution in [2.24, 2.45) is 0 Å². The van der Waals surface area contributed by atoms with Crippen LogP contribution < -0.4 is 15.5 Å². The summed E-state index contributed by atoms with van der Waals surface area (Å²) in [6, 6.07) is 1.79. The van der Waals surface area contributed by atoms with Crippen LogP contribution in [0.1, 0.15) is 19.4 Å². The van der Waals surface area contributed by atoms with E-state index in [-0.39, 0.29) is 17.8 Å². The smallest absolute Gasteiger partial charge is 0.329 e. The average molecular weight is 323 g/mol. The predicted octanol–water partition coefficient (Wildman–Crippen LogP) is 1.55. The number of benzene rings is 1. The van der Waals surface area contributed by atoms with E-state index < -0.39 is 29.8 Å². The average Bonchev–Trinajstić information content (AvgIpc) is 2.82. The van der Waals surface area contributed by atoms with Crippen LogP contribution in [0.3, 0.4) is 0 Å². The minimum Gasteiger partial charge on any atom is -0.369 e. The third kappa shape index (κ3) is 3.31. The summed E-state index contributed by atoms with van der Waals surface area (Å²) in [5.41, 5.74) is 0.435. The molecule has 124 valence electrons. The number of imide groups is 1. The standard InChI is InChI=1S/C15H18FN3O4/c1-4-23-9(3)14(21)18-11-6-5-10(16)13(8(11)2)19-12(20)7-17-15(19)22/h5-6,9H,4,7H2,1-3H3,(H,17,22)(H,18,21). The number of hydrogen-bond acceptors (Lipinski definition) is 4. The zero-order valence-corrected chi connectivity index (χ0v) is 13.1. The van der Waals surface area contributed by atoms with Crippen LogP contribution in [0, 0.1) is 12.7 Å². The van der Waals surface area contributed by atoms with Crippen molar-refractivity contribution >= 4 is 29.2 Å². The molecule has 0 aliphatic carbocycles. The molecule has 2 N–H and O–H groups in total. The number of urea groups is 1. The summed E-state index contributed by atoms with van der Waals surface area (Å²) < 4.78 is 19.3. The Hall–Kier alpha value is -2.48. The number of nitrogens with one attached hydrogen (secondary N) is 2. The van der Waals surface area contributed by atoms with Crippen LogP contribution in [0.25, 0.3) is 0 Å². The number of rotatable bonds is 5. The van der Waals surface area contributed by atoms with Crippen LogP contribution in [-0.2, 0) is 14.3 Å². The lowest BCUT2D eigenvalue weighted by Gasteiger charge is -2.20. The summed E-state index contributed by atoms with van der Waals surface area (Å²) in [4.78, 5) is 36.3. The van der Waals surface area contributed by atoms with Crippen LogP contribution in [0.4, 0.5) is 20.6 Å². The summed E-state index contributed by atoms with van der Waals surface area (Å²) in [5, 5.41) is 4.95. The van der Waals surface area contributed by atoms with Crippen molar-refractivity contribution < 1.29 is 23.5 Å². The molecule has 0 radical (unpaired) electrons. The molecule has 4 amide bonds. The highest BCUT2D eigenvalue weighted by molar-refractivity contribution is 6.20. The van der Waals surface area contributed by atoms with Crippen LogP contribution in [-0.4, -0.2) is 37.1 Å². The number of hydrogen-bond donors (Lipinski definition) is 2. The maximum atomic E-state index is 14.1. The lowest BCUT2D eigenvalue weighted by Crippen LogP contribution is -2.33. The maximum Gasteiger partial charge on any atom is 0.329 e. The Labute approximate surface area is 132 Å². The molecule has 23 heavy (non-hydrogen) atoms. The van der Waals surface area contributed by atoms with Gasteiger partial charge in [-0.2, -0.15) is 0 Å². The van der Waals surface area contributed by atoms with Crippen LogP contribution in [0.5, 0.6) is 0 Å². The van der Waals surface area contributed by atoms with Gasteiger partial charge in [0.25, 0.3) is 11.8 Å². The second-order valence-electron chi connectivity index (χ2n) is 5.04. The lowest BCUT2D eigenvalue weighted by atomic mass is 10.1. The van der Waals surface area contributed by atoms with E-state index in [0.717, 1.165) is 11.0 Å². The Morgan fingerprint density at radius 3 is 2.74 bits per heavy atom. The van der Waals surface area contributed by atoms with Crippen molar-refractivity contribution in [1.82, 2.24) is 5.32 Å². The fraction of sp³-hybridized carbons (Fsp3) is 0.400. The molecule has 1 aromatic rings. The summed E-state index contributed by atoms with van der Waals surface area (Å²) in [6.45, 7) is 5.08. The highest BCUT2D eigenvalue weighted by Crippen LogP contribution is 2.31. The molecule has 7 nitrogen and oxygen atoms in total.